The summed E-state index contributed by atoms with van der Waals surface area (Å²) in [4.78, 5) is 43.0. The van der Waals surface area contributed by atoms with E-state index in [1.807, 2.05) is 0 Å². The summed E-state index contributed by atoms with van der Waals surface area (Å²) in [6, 6.07) is 3.65. The Kier molecular flexibility index (Phi) is 6.83. The maximum Gasteiger partial charge on any atom is 0.339 e. The topological polar surface area (TPSA) is 154 Å². The number of hydrogen-bond donors (Lipinski definition) is 2. The van der Waals surface area contributed by atoms with Crippen LogP contribution in [0.15, 0.2) is 35.4 Å². The monoisotopic (exact) mass is 422 g/mol. The van der Waals surface area contributed by atoms with Crippen molar-refractivity contribution in [3.8, 4) is 0 Å². The maximum absolute atomic E-state index is 12.7. The van der Waals surface area contributed by atoms with Gasteiger partial charge in [0.2, 0.25) is 5.95 Å². The molecule has 2 amide bonds. The lowest BCUT2D eigenvalue weighted by Crippen LogP contribution is -2.35. The minimum Gasteiger partial charge on any atom is -0.465 e. The number of sulfonamides is 1. The first-order chi connectivity index (χ1) is 13.7. The number of amides is 2. The number of nitrogens with zero attached hydrogens (tertiary/aromatic N) is 2. The summed E-state index contributed by atoms with van der Waals surface area (Å²) < 4.78 is 36.5. The van der Waals surface area contributed by atoms with E-state index in [-0.39, 0.29) is 23.7 Å². The van der Waals surface area contributed by atoms with Gasteiger partial charge in [-0.3, -0.25) is 5.32 Å². The molecule has 0 spiro atoms. The smallest absolute Gasteiger partial charge is 0.339 e. The number of aromatic nitrogens is 2. The predicted molar refractivity (Wildman–Crippen MR) is 99.8 cm³/mol. The largest absolute Gasteiger partial charge is 0.465 e. The van der Waals surface area contributed by atoms with E-state index < -0.39 is 32.9 Å². The number of aryl methyl sites for hydroxylation is 1. The van der Waals surface area contributed by atoms with E-state index in [0.717, 1.165) is 19.2 Å². The van der Waals surface area contributed by atoms with Crippen LogP contribution in [0.25, 0.3) is 0 Å². The highest BCUT2D eigenvalue weighted by atomic mass is 32.2. The van der Waals surface area contributed by atoms with Crippen molar-refractivity contribution in [1.82, 2.24) is 14.7 Å². The van der Waals surface area contributed by atoms with Gasteiger partial charge in [0.1, 0.15) is 4.90 Å². The first-order valence-electron chi connectivity index (χ1n) is 8.21. The highest BCUT2D eigenvalue weighted by Crippen LogP contribution is 2.20. The van der Waals surface area contributed by atoms with Gasteiger partial charge in [0, 0.05) is 11.9 Å². The Morgan fingerprint density at radius 2 is 1.86 bits per heavy atom. The summed E-state index contributed by atoms with van der Waals surface area (Å²) in [6.45, 7) is 3.31. The van der Waals surface area contributed by atoms with E-state index in [0.29, 0.717) is 5.69 Å². The van der Waals surface area contributed by atoms with Crippen LogP contribution in [-0.4, -0.2) is 50.1 Å². The molecular formula is C17H18N4O7S. The summed E-state index contributed by atoms with van der Waals surface area (Å²) in [5, 5.41) is 2.17. The van der Waals surface area contributed by atoms with Gasteiger partial charge in [-0.2, -0.15) is 0 Å². The molecule has 0 aliphatic heterocycles. The lowest BCUT2D eigenvalue weighted by Gasteiger charge is -2.12. The molecule has 2 N–H and O–H groups in total. The van der Waals surface area contributed by atoms with Crippen LogP contribution < -0.4 is 10.0 Å². The Morgan fingerprint density at radius 3 is 2.48 bits per heavy atom. The van der Waals surface area contributed by atoms with Gasteiger partial charge in [-0.25, -0.2) is 37.5 Å². The fraction of sp³-hybridized carbons (Fsp3) is 0.235. The van der Waals surface area contributed by atoms with Crippen molar-refractivity contribution in [3.05, 3.63) is 47.3 Å². The summed E-state index contributed by atoms with van der Waals surface area (Å²) in [5.74, 6) is -1.88. The molecule has 0 fully saturated rings. The van der Waals surface area contributed by atoms with Crippen molar-refractivity contribution in [3.63, 3.8) is 0 Å². The molecule has 1 aromatic carbocycles. The van der Waals surface area contributed by atoms with Crippen molar-refractivity contribution < 1.29 is 32.3 Å². The van der Waals surface area contributed by atoms with Crippen LogP contribution in [-0.2, 0) is 19.5 Å². The van der Waals surface area contributed by atoms with Crippen LogP contribution in [0.3, 0.4) is 0 Å². The van der Waals surface area contributed by atoms with Gasteiger partial charge >= 0.3 is 18.0 Å². The normalized spacial score (nSPS) is 10.7. The maximum atomic E-state index is 12.7. The molecule has 11 nitrogen and oxygen atoms in total. The van der Waals surface area contributed by atoms with E-state index in [9.17, 15) is 22.8 Å². The first-order valence-corrected chi connectivity index (χ1v) is 9.69. The average molecular weight is 422 g/mol. The number of urea groups is 1. The fourth-order valence-corrected chi connectivity index (χ4v) is 3.31. The number of benzene rings is 1. The molecule has 29 heavy (non-hydrogen) atoms. The SMILES string of the molecule is CCOC(=O)c1ccc(C(=O)OC)c(S(=O)(=O)NC(=O)Nc2nccc(C)n2)c1. The molecule has 0 bridgehead atoms. The fourth-order valence-electron chi connectivity index (χ4n) is 2.18. The minimum absolute atomic E-state index is 0.0663. The van der Waals surface area contributed by atoms with E-state index in [4.69, 9.17) is 4.74 Å². The Morgan fingerprint density at radius 1 is 1.14 bits per heavy atom. The van der Waals surface area contributed by atoms with Crippen LogP contribution in [0.1, 0.15) is 33.3 Å². The standard InChI is InChI=1S/C17H18N4O7S/c1-4-28-14(22)11-5-6-12(15(23)27-3)13(9-11)29(25,26)21-17(24)20-16-18-8-7-10(2)19-16/h5-9H,4H2,1-3H3,(H2,18,19,20,21,24). The zero-order valence-corrected chi connectivity index (χ0v) is 16.6. The molecule has 0 aliphatic rings. The number of carbonyl (C=O) groups excluding carboxylic acids is 3. The average Bonchev–Trinajstić information content (AvgIpc) is 2.66. The highest BCUT2D eigenvalue weighted by Gasteiger charge is 2.27. The number of carbonyl (C=O) groups is 3. The molecule has 2 aromatic rings. The van der Waals surface area contributed by atoms with E-state index in [2.05, 4.69) is 20.0 Å². The number of nitrogens with one attached hydrogen (secondary N) is 2. The summed E-state index contributed by atoms with van der Waals surface area (Å²) >= 11 is 0. The van der Waals surface area contributed by atoms with Gasteiger partial charge in [-0.15, -0.1) is 0 Å². The molecule has 0 saturated carbocycles. The number of ether oxygens (including phenoxy) is 2. The summed E-state index contributed by atoms with van der Waals surface area (Å²) in [5.41, 5.74) is 0.0585. The van der Waals surface area contributed by atoms with Crippen molar-refractivity contribution in [2.45, 2.75) is 18.7 Å². The van der Waals surface area contributed by atoms with Crippen LogP contribution in [0, 0.1) is 6.92 Å². The van der Waals surface area contributed by atoms with E-state index >= 15 is 0 Å². The molecular weight excluding hydrogens is 404 g/mol. The Balaban J connectivity index is 2.37. The van der Waals surface area contributed by atoms with Crippen molar-refractivity contribution in [2.24, 2.45) is 0 Å². The number of hydrogen-bond acceptors (Lipinski definition) is 9. The van der Waals surface area contributed by atoms with Crippen molar-refractivity contribution in [2.75, 3.05) is 19.0 Å². The Bertz CT molecular complexity index is 1050. The number of anilines is 1. The molecule has 12 heteroatoms. The van der Waals surface area contributed by atoms with Gasteiger partial charge in [0.25, 0.3) is 10.0 Å². The zero-order chi connectivity index (χ0) is 21.6. The van der Waals surface area contributed by atoms with Gasteiger partial charge in [0.15, 0.2) is 0 Å². The Hall–Kier alpha value is -3.54. The molecule has 2 rings (SSSR count). The third-order valence-corrected chi connectivity index (χ3v) is 4.81. The van der Waals surface area contributed by atoms with E-state index in [1.54, 1.807) is 24.6 Å². The number of esters is 2. The third kappa shape index (κ3) is 5.48. The summed E-state index contributed by atoms with van der Waals surface area (Å²) in [6.07, 6.45) is 1.38. The van der Waals surface area contributed by atoms with Gasteiger partial charge < -0.3 is 9.47 Å². The van der Waals surface area contributed by atoms with Crippen LogP contribution in [0.2, 0.25) is 0 Å². The molecule has 1 heterocycles. The second-order valence-corrected chi connectivity index (χ2v) is 7.16. The second-order valence-electron chi connectivity index (χ2n) is 5.50. The first kappa shape index (κ1) is 21.8. The van der Waals surface area contributed by atoms with E-state index in [1.165, 1.54) is 12.3 Å². The quantitative estimate of drug-likeness (QED) is 0.655. The molecule has 0 aliphatic carbocycles. The lowest BCUT2D eigenvalue weighted by molar-refractivity contribution is 0.0523. The highest BCUT2D eigenvalue weighted by molar-refractivity contribution is 7.90. The third-order valence-electron chi connectivity index (χ3n) is 3.43. The number of methoxy groups -OCH3 is 1. The molecule has 0 saturated heterocycles. The Labute approximate surface area is 166 Å². The van der Waals surface area contributed by atoms with Crippen LogP contribution in [0.5, 0.6) is 0 Å². The summed E-state index contributed by atoms with van der Waals surface area (Å²) in [7, 11) is -3.51. The molecule has 1 aromatic heterocycles. The zero-order valence-electron chi connectivity index (χ0n) is 15.8. The lowest BCUT2D eigenvalue weighted by atomic mass is 10.1. The predicted octanol–water partition coefficient (Wildman–Crippen LogP) is 1.26. The van der Waals surface area contributed by atoms with Crippen molar-refractivity contribution >= 4 is 33.9 Å². The molecule has 0 unspecified atom stereocenters. The van der Waals surface area contributed by atoms with Gasteiger partial charge in [-0.1, -0.05) is 0 Å². The second kappa shape index (κ2) is 9.10. The van der Waals surface area contributed by atoms with Gasteiger partial charge in [0.05, 0.1) is 24.8 Å². The minimum atomic E-state index is -4.57. The van der Waals surface area contributed by atoms with Gasteiger partial charge in [-0.05, 0) is 38.1 Å². The van der Waals surface area contributed by atoms with Crippen LogP contribution >= 0.6 is 0 Å². The number of rotatable bonds is 6. The van der Waals surface area contributed by atoms with Crippen molar-refractivity contribution in [1.29, 1.82) is 0 Å². The molecule has 0 atom stereocenters. The molecule has 154 valence electrons. The molecule has 0 radical (unpaired) electrons. The van der Waals surface area contributed by atoms with Crippen LogP contribution in [0.4, 0.5) is 10.7 Å².